The molecule has 32 heavy (non-hydrogen) atoms. The maximum Gasteiger partial charge on any atom is 0.417 e. The Kier molecular flexibility index (Phi) is 5.39. The minimum absolute atomic E-state index is 0.0360. The number of rotatable bonds is 3. The Morgan fingerprint density at radius 3 is 2.34 bits per heavy atom. The molecular weight excluding hydrogens is 438 g/mol. The summed E-state index contributed by atoms with van der Waals surface area (Å²) in [5.41, 5.74) is -3.38. The molecule has 1 saturated heterocycles. The zero-order valence-electron chi connectivity index (χ0n) is 17.2. The molecular formula is C22H20F6N2O2. The molecule has 10 heteroatoms. The van der Waals surface area contributed by atoms with E-state index in [9.17, 15) is 31.1 Å². The first kappa shape index (κ1) is 22.4. The predicted octanol–water partition coefficient (Wildman–Crippen LogP) is 5.28. The van der Waals surface area contributed by atoms with Gasteiger partial charge in [-0.05, 0) is 54.8 Å². The summed E-state index contributed by atoms with van der Waals surface area (Å²) in [6.07, 6.45) is -10.1. The number of hydrogen-bond acceptors (Lipinski definition) is 3. The van der Waals surface area contributed by atoms with Crippen LogP contribution >= 0.6 is 0 Å². The molecule has 0 radical (unpaired) electrons. The van der Waals surface area contributed by atoms with E-state index in [0.717, 1.165) is 12.1 Å². The van der Waals surface area contributed by atoms with Crippen molar-refractivity contribution in [2.75, 3.05) is 19.6 Å². The molecule has 0 saturated carbocycles. The number of halogens is 6. The highest BCUT2D eigenvalue weighted by Crippen LogP contribution is 2.46. The molecule has 0 bridgehead atoms. The van der Waals surface area contributed by atoms with Crippen molar-refractivity contribution < 1.29 is 35.9 Å². The summed E-state index contributed by atoms with van der Waals surface area (Å²) < 4.78 is 88.6. The Morgan fingerprint density at radius 1 is 1.03 bits per heavy atom. The van der Waals surface area contributed by atoms with Crippen molar-refractivity contribution in [3.63, 3.8) is 0 Å². The SMILES string of the molecule is CC(C)Oc1ccc(-c2cc3c(c(C(F)(F)F)c2)C(=O)N2CCNCC32)c(C(F)(F)F)c1. The van der Waals surface area contributed by atoms with Gasteiger partial charge in [0.1, 0.15) is 5.75 Å². The maximum absolute atomic E-state index is 13.9. The summed E-state index contributed by atoms with van der Waals surface area (Å²) in [4.78, 5) is 14.1. The number of piperazine rings is 1. The molecule has 4 nitrogen and oxygen atoms in total. The number of benzene rings is 2. The van der Waals surface area contributed by atoms with E-state index in [1.54, 1.807) is 13.8 Å². The summed E-state index contributed by atoms with van der Waals surface area (Å²) in [5.74, 6) is -0.784. The van der Waals surface area contributed by atoms with Crippen molar-refractivity contribution in [2.24, 2.45) is 0 Å². The Morgan fingerprint density at radius 2 is 1.72 bits per heavy atom. The average Bonchev–Trinajstić information content (AvgIpc) is 2.98. The van der Waals surface area contributed by atoms with E-state index in [2.05, 4.69) is 5.32 Å². The van der Waals surface area contributed by atoms with E-state index in [1.807, 2.05) is 0 Å². The minimum Gasteiger partial charge on any atom is -0.491 e. The van der Waals surface area contributed by atoms with Gasteiger partial charge in [0, 0.05) is 19.6 Å². The minimum atomic E-state index is -4.91. The second-order valence-corrected chi connectivity index (χ2v) is 8.08. The average molecular weight is 458 g/mol. The lowest BCUT2D eigenvalue weighted by molar-refractivity contribution is -0.138. The molecule has 4 rings (SSSR count). The topological polar surface area (TPSA) is 41.6 Å². The number of carbonyl (C=O) groups excluding carboxylic acids is 1. The highest BCUT2D eigenvalue weighted by atomic mass is 19.4. The predicted molar refractivity (Wildman–Crippen MR) is 104 cm³/mol. The normalized spacial score (nSPS) is 18.7. The smallest absolute Gasteiger partial charge is 0.417 e. The lowest BCUT2D eigenvalue weighted by atomic mass is 9.90. The molecule has 2 aliphatic heterocycles. The van der Waals surface area contributed by atoms with Crippen molar-refractivity contribution in [3.05, 3.63) is 52.6 Å². The standard InChI is InChI=1S/C22H20F6N2O2/c1-11(2)32-13-3-4-14(16(9-13)21(23,24)25)12-7-15-18-10-29-5-6-30(18)20(31)19(15)17(8-12)22(26,27)28/h3-4,7-9,11,18,29H,5-6,10H2,1-2H3. The van der Waals surface area contributed by atoms with Gasteiger partial charge < -0.3 is 15.0 Å². The third-order valence-corrected chi connectivity index (χ3v) is 5.53. The van der Waals surface area contributed by atoms with Crippen LogP contribution in [0.3, 0.4) is 0 Å². The largest absolute Gasteiger partial charge is 0.491 e. The van der Waals surface area contributed by atoms with Gasteiger partial charge in [0.25, 0.3) is 5.91 Å². The number of alkyl halides is 6. The fourth-order valence-electron chi connectivity index (χ4n) is 4.27. The van der Waals surface area contributed by atoms with Crippen molar-refractivity contribution in [3.8, 4) is 16.9 Å². The number of nitrogens with zero attached hydrogens (tertiary/aromatic N) is 1. The summed E-state index contributed by atoms with van der Waals surface area (Å²) in [7, 11) is 0. The van der Waals surface area contributed by atoms with Crippen molar-refractivity contribution in [1.82, 2.24) is 10.2 Å². The molecule has 1 unspecified atom stereocenters. The summed E-state index contributed by atoms with van der Waals surface area (Å²) in [5, 5.41) is 3.02. The number of carbonyl (C=O) groups is 1. The Hall–Kier alpha value is -2.75. The molecule has 172 valence electrons. The van der Waals surface area contributed by atoms with E-state index in [4.69, 9.17) is 4.74 Å². The number of fused-ring (bicyclic) bond motifs is 3. The van der Waals surface area contributed by atoms with Crippen LogP contribution in [-0.4, -0.2) is 36.5 Å². The molecule has 1 atom stereocenters. The molecule has 2 aromatic carbocycles. The number of amides is 1. The fourth-order valence-corrected chi connectivity index (χ4v) is 4.27. The monoisotopic (exact) mass is 458 g/mol. The van der Waals surface area contributed by atoms with E-state index in [0.29, 0.717) is 12.6 Å². The van der Waals surface area contributed by atoms with Crippen LogP contribution in [0.25, 0.3) is 11.1 Å². The quantitative estimate of drug-likeness (QED) is 0.637. The summed E-state index contributed by atoms with van der Waals surface area (Å²) >= 11 is 0. The third-order valence-electron chi connectivity index (χ3n) is 5.53. The molecule has 1 N–H and O–H groups in total. The number of hydrogen-bond donors (Lipinski definition) is 1. The highest BCUT2D eigenvalue weighted by molar-refractivity contribution is 6.02. The number of nitrogens with one attached hydrogen (secondary N) is 1. The second-order valence-electron chi connectivity index (χ2n) is 8.08. The summed E-state index contributed by atoms with van der Waals surface area (Å²) in [6, 6.07) is 4.44. The molecule has 2 aromatic rings. The second kappa shape index (κ2) is 7.68. The third kappa shape index (κ3) is 3.92. The van der Waals surface area contributed by atoms with Crippen LogP contribution in [0, 0.1) is 0 Å². The highest BCUT2D eigenvalue weighted by Gasteiger charge is 2.46. The fraction of sp³-hybridized carbons (Fsp3) is 0.409. The zero-order chi connectivity index (χ0) is 23.4. The van der Waals surface area contributed by atoms with Gasteiger partial charge in [-0.3, -0.25) is 4.79 Å². The zero-order valence-corrected chi connectivity index (χ0v) is 17.2. The van der Waals surface area contributed by atoms with Gasteiger partial charge in [0.15, 0.2) is 0 Å². The first-order chi connectivity index (χ1) is 14.9. The molecule has 1 fully saturated rings. The first-order valence-corrected chi connectivity index (χ1v) is 10.0. The van der Waals surface area contributed by atoms with Crippen molar-refractivity contribution >= 4 is 5.91 Å². The van der Waals surface area contributed by atoms with E-state index < -0.39 is 46.6 Å². The van der Waals surface area contributed by atoms with Gasteiger partial charge in [-0.15, -0.1) is 0 Å². The van der Waals surface area contributed by atoms with Crippen LogP contribution in [0.4, 0.5) is 26.3 Å². The van der Waals surface area contributed by atoms with E-state index >= 15 is 0 Å². The summed E-state index contributed by atoms with van der Waals surface area (Å²) in [6.45, 7) is 4.18. The van der Waals surface area contributed by atoms with Crippen molar-refractivity contribution in [1.29, 1.82) is 0 Å². The van der Waals surface area contributed by atoms with Gasteiger partial charge in [-0.1, -0.05) is 6.07 Å². The first-order valence-electron chi connectivity index (χ1n) is 10.0. The molecule has 1 amide bonds. The molecule has 2 heterocycles. The van der Waals surface area contributed by atoms with Gasteiger partial charge in [-0.25, -0.2) is 0 Å². The lowest BCUT2D eigenvalue weighted by Gasteiger charge is -2.30. The molecule has 2 aliphatic rings. The van der Waals surface area contributed by atoms with Crippen LogP contribution in [0.1, 0.15) is 46.9 Å². The van der Waals surface area contributed by atoms with Gasteiger partial charge in [0.2, 0.25) is 0 Å². The van der Waals surface area contributed by atoms with Crippen LogP contribution in [-0.2, 0) is 12.4 Å². The van der Waals surface area contributed by atoms with Crippen LogP contribution in [0.5, 0.6) is 5.75 Å². The van der Waals surface area contributed by atoms with Crippen LogP contribution < -0.4 is 10.1 Å². The number of ether oxygens (including phenoxy) is 1. The maximum atomic E-state index is 13.9. The lowest BCUT2D eigenvalue weighted by Crippen LogP contribution is -2.44. The van der Waals surface area contributed by atoms with Crippen molar-refractivity contribution in [2.45, 2.75) is 38.3 Å². The molecule has 0 aliphatic carbocycles. The van der Waals surface area contributed by atoms with Gasteiger partial charge >= 0.3 is 12.4 Å². The van der Waals surface area contributed by atoms with Gasteiger partial charge in [-0.2, -0.15) is 26.3 Å². The molecule has 0 spiro atoms. The Bertz CT molecular complexity index is 1060. The van der Waals surface area contributed by atoms with Crippen LogP contribution in [0.2, 0.25) is 0 Å². The Balaban J connectivity index is 1.94. The van der Waals surface area contributed by atoms with Crippen LogP contribution in [0.15, 0.2) is 30.3 Å². The Labute approximate surface area is 180 Å². The van der Waals surface area contributed by atoms with Gasteiger partial charge in [0.05, 0.1) is 28.8 Å². The van der Waals surface area contributed by atoms with E-state index in [1.165, 1.54) is 17.0 Å². The molecule has 0 aromatic heterocycles. The van der Waals surface area contributed by atoms with E-state index in [-0.39, 0.29) is 36.1 Å².